The standard InChI is InChI=1S/C5H9NO2/c1-4(3-7)2-5(6)8/h3-4H,2H2,1H3,(H2,6,8). The van der Waals surface area contributed by atoms with Crippen LogP contribution in [0.25, 0.3) is 0 Å². The van der Waals surface area contributed by atoms with E-state index >= 15 is 0 Å². The molecule has 0 bridgehead atoms. The van der Waals surface area contributed by atoms with E-state index in [4.69, 9.17) is 5.73 Å². The highest BCUT2D eigenvalue weighted by Crippen LogP contribution is 1.93. The van der Waals surface area contributed by atoms with Gasteiger partial charge in [0.2, 0.25) is 5.91 Å². The van der Waals surface area contributed by atoms with Crippen LogP contribution in [0.2, 0.25) is 0 Å². The van der Waals surface area contributed by atoms with Crippen molar-refractivity contribution in [3.63, 3.8) is 0 Å². The molecule has 0 aliphatic heterocycles. The molecular formula is C5H9NO2. The van der Waals surface area contributed by atoms with Gasteiger partial charge in [0.1, 0.15) is 6.29 Å². The maximum Gasteiger partial charge on any atom is 0.218 e. The van der Waals surface area contributed by atoms with Crippen LogP contribution < -0.4 is 5.73 Å². The Morgan fingerprint density at radius 3 is 2.50 bits per heavy atom. The topological polar surface area (TPSA) is 60.2 Å². The minimum absolute atomic E-state index is 0.156. The fourth-order valence-corrected chi connectivity index (χ4v) is 0.365. The quantitative estimate of drug-likeness (QED) is 0.513. The van der Waals surface area contributed by atoms with Gasteiger partial charge in [0.15, 0.2) is 0 Å². The van der Waals surface area contributed by atoms with E-state index in [1.54, 1.807) is 6.92 Å². The molecule has 0 spiro atoms. The van der Waals surface area contributed by atoms with Crippen LogP contribution in [0.15, 0.2) is 0 Å². The molecule has 46 valence electrons. The van der Waals surface area contributed by atoms with Crippen molar-refractivity contribution in [3.05, 3.63) is 0 Å². The van der Waals surface area contributed by atoms with Crippen LogP contribution in [-0.4, -0.2) is 12.2 Å². The number of carbonyl (C=O) groups is 2. The average Bonchev–Trinajstić information content (AvgIpc) is 1.65. The lowest BCUT2D eigenvalue weighted by atomic mass is 10.1. The van der Waals surface area contributed by atoms with Crippen molar-refractivity contribution in [1.29, 1.82) is 0 Å². The van der Waals surface area contributed by atoms with Gasteiger partial charge in [-0.3, -0.25) is 4.79 Å². The maximum atomic E-state index is 10.0. The molecule has 3 nitrogen and oxygen atoms in total. The molecular weight excluding hydrogens is 106 g/mol. The number of hydrogen-bond acceptors (Lipinski definition) is 2. The molecule has 0 aromatic rings. The summed E-state index contributed by atoms with van der Waals surface area (Å²) in [5.74, 6) is -0.655. The van der Waals surface area contributed by atoms with E-state index < -0.39 is 5.91 Å². The van der Waals surface area contributed by atoms with Crippen LogP contribution in [0, 0.1) is 5.92 Å². The van der Waals surface area contributed by atoms with E-state index in [2.05, 4.69) is 0 Å². The monoisotopic (exact) mass is 115 g/mol. The minimum atomic E-state index is -0.426. The summed E-state index contributed by atoms with van der Waals surface area (Å²) >= 11 is 0. The molecule has 0 saturated carbocycles. The molecule has 1 amide bonds. The Morgan fingerprint density at radius 1 is 1.88 bits per heavy atom. The van der Waals surface area contributed by atoms with Crippen molar-refractivity contribution in [2.45, 2.75) is 13.3 Å². The second kappa shape index (κ2) is 3.18. The van der Waals surface area contributed by atoms with Gasteiger partial charge in [-0.15, -0.1) is 0 Å². The van der Waals surface area contributed by atoms with Crippen LogP contribution in [0.4, 0.5) is 0 Å². The lowest BCUT2D eigenvalue weighted by Crippen LogP contribution is -2.14. The van der Waals surface area contributed by atoms with Crippen molar-refractivity contribution in [2.75, 3.05) is 0 Å². The number of hydrogen-bond donors (Lipinski definition) is 1. The van der Waals surface area contributed by atoms with Crippen molar-refractivity contribution in [1.82, 2.24) is 0 Å². The predicted octanol–water partition coefficient (Wildman–Crippen LogP) is -0.303. The summed E-state index contributed by atoms with van der Waals surface area (Å²) in [6, 6.07) is 0. The molecule has 8 heavy (non-hydrogen) atoms. The van der Waals surface area contributed by atoms with Crippen LogP contribution in [-0.2, 0) is 9.59 Å². The first-order valence-electron chi connectivity index (χ1n) is 2.40. The number of aldehydes is 1. The highest BCUT2D eigenvalue weighted by Gasteiger charge is 2.01. The molecule has 0 aliphatic carbocycles. The summed E-state index contributed by atoms with van der Waals surface area (Å²) in [6.45, 7) is 1.65. The molecule has 0 radical (unpaired) electrons. The molecule has 0 aromatic carbocycles. The third-order valence-corrected chi connectivity index (χ3v) is 0.755. The molecule has 3 heteroatoms. The zero-order valence-corrected chi connectivity index (χ0v) is 4.76. The molecule has 0 saturated heterocycles. The zero-order valence-electron chi connectivity index (χ0n) is 4.76. The van der Waals surface area contributed by atoms with E-state index in [1.165, 1.54) is 0 Å². The summed E-state index contributed by atoms with van der Waals surface area (Å²) < 4.78 is 0. The van der Waals surface area contributed by atoms with E-state index in [1.807, 2.05) is 0 Å². The van der Waals surface area contributed by atoms with Gasteiger partial charge in [-0.05, 0) is 0 Å². The molecule has 0 aromatic heterocycles. The van der Waals surface area contributed by atoms with E-state index in [0.717, 1.165) is 0 Å². The lowest BCUT2D eigenvalue weighted by Gasteiger charge is -1.94. The summed E-state index contributed by atoms with van der Waals surface area (Å²) in [4.78, 5) is 19.9. The Kier molecular flexibility index (Phi) is 2.84. The summed E-state index contributed by atoms with van der Waals surface area (Å²) in [5.41, 5.74) is 4.77. The van der Waals surface area contributed by atoms with Crippen molar-refractivity contribution in [2.24, 2.45) is 11.7 Å². The van der Waals surface area contributed by atoms with E-state index in [-0.39, 0.29) is 12.3 Å². The average molecular weight is 115 g/mol. The van der Waals surface area contributed by atoms with Crippen molar-refractivity contribution < 1.29 is 9.59 Å². The lowest BCUT2D eigenvalue weighted by molar-refractivity contribution is -0.121. The van der Waals surface area contributed by atoms with Crippen LogP contribution in [0.3, 0.4) is 0 Å². The second-order valence-corrected chi connectivity index (χ2v) is 1.78. The minimum Gasteiger partial charge on any atom is -0.370 e. The first-order chi connectivity index (χ1) is 3.66. The molecule has 0 fully saturated rings. The van der Waals surface area contributed by atoms with E-state index in [0.29, 0.717) is 6.29 Å². The Balaban J connectivity index is 3.38. The molecule has 1 unspecified atom stereocenters. The highest BCUT2D eigenvalue weighted by molar-refractivity contribution is 5.77. The first kappa shape index (κ1) is 7.14. The Hall–Kier alpha value is -0.860. The summed E-state index contributed by atoms with van der Waals surface area (Å²) in [5, 5.41) is 0. The van der Waals surface area contributed by atoms with Gasteiger partial charge in [0.05, 0.1) is 0 Å². The summed E-state index contributed by atoms with van der Waals surface area (Å²) in [6.07, 6.45) is 0.869. The summed E-state index contributed by atoms with van der Waals surface area (Å²) in [7, 11) is 0. The van der Waals surface area contributed by atoms with Crippen molar-refractivity contribution in [3.8, 4) is 0 Å². The highest BCUT2D eigenvalue weighted by atomic mass is 16.1. The van der Waals surface area contributed by atoms with Crippen molar-refractivity contribution >= 4 is 12.2 Å². The number of rotatable bonds is 3. The zero-order chi connectivity index (χ0) is 6.57. The fourth-order valence-electron chi connectivity index (χ4n) is 0.365. The Labute approximate surface area is 47.9 Å². The molecule has 2 N–H and O–H groups in total. The smallest absolute Gasteiger partial charge is 0.218 e. The second-order valence-electron chi connectivity index (χ2n) is 1.78. The van der Waals surface area contributed by atoms with Gasteiger partial charge in [0.25, 0.3) is 0 Å². The van der Waals surface area contributed by atoms with Crippen LogP contribution >= 0.6 is 0 Å². The van der Waals surface area contributed by atoms with Gasteiger partial charge in [-0.1, -0.05) is 6.92 Å². The molecule has 0 rings (SSSR count). The molecule has 0 aliphatic rings. The number of carbonyl (C=O) groups excluding carboxylic acids is 2. The normalized spacial score (nSPS) is 12.6. The number of primary amides is 1. The Bertz CT molecular complexity index is 101. The van der Waals surface area contributed by atoms with Gasteiger partial charge < -0.3 is 10.5 Å². The van der Waals surface area contributed by atoms with Gasteiger partial charge >= 0.3 is 0 Å². The van der Waals surface area contributed by atoms with Crippen LogP contribution in [0.1, 0.15) is 13.3 Å². The van der Waals surface area contributed by atoms with Crippen LogP contribution in [0.5, 0.6) is 0 Å². The Morgan fingerprint density at radius 2 is 2.38 bits per heavy atom. The molecule has 1 atom stereocenters. The first-order valence-corrected chi connectivity index (χ1v) is 2.40. The maximum absolute atomic E-state index is 10.0. The third kappa shape index (κ3) is 3.33. The van der Waals surface area contributed by atoms with E-state index in [9.17, 15) is 9.59 Å². The largest absolute Gasteiger partial charge is 0.370 e. The SMILES string of the molecule is CC(C=O)CC(N)=O. The fraction of sp³-hybridized carbons (Fsp3) is 0.600. The predicted molar refractivity (Wildman–Crippen MR) is 29.0 cm³/mol. The van der Waals surface area contributed by atoms with Gasteiger partial charge in [-0.25, -0.2) is 0 Å². The van der Waals surface area contributed by atoms with Gasteiger partial charge in [-0.2, -0.15) is 0 Å². The number of amides is 1. The molecule has 0 heterocycles. The third-order valence-electron chi connectivity index (χ3n) is 0.755. The van der Waals surface area contributed by atoms with Gasteiger partial charge in [0, 0.05) is 12.3 Å². The number of nitrogens with two attached hydrogens (primary N) is 1.